The highest BCUT2D eigenvalue weighted by atomic mass is 16.2. The van der Waals surface area contributed by atoms with E-state index in [4.69, 9.17) is 0 Å². The molecule has 2 amide bonds. The molecule has 108 valence electrons. The van der Waals surface area contributed by atoms with Gasteiger partial charge in [-0.15, -0.1) is 0 Å². The summed E-state index contributed by atoms with van der Waals surface area (Å²) in [4.78, 5) is 23.7. The zero-order valence-corrected chi connectivity index (χ0v) is 12.1. The molecule has 0 spiro atoms. The predicted molar refractivity (Wildman–Crippen MR) is 77.9 cm³/mol. The molecule has 2 rings (SSSR count). The van der Waals surface area contributed by atoms with Crippen LogP contribution in [0.15, 0.2) is 24.3 Å². The van der Waals surface area contributed by atoms with Crippen LogP contribution in [0, 0.1) is 18.8 Å². The monoisotopic (exact) mass is 274 g/mol. The molecule has 1 saturated carbocycles. The molecule has 1 aliphatic carbocycles. The summed E-state index contributed by atoms with van der Waals surface area (Å²) in [5, 5.41) is 5.77. The van der Waals surface area contributed by atoms with Crippen LogP contribution in [-0.2, 0) is 16.1 Å². The zero-order valence-electron chi connectivity index (χ0n) is 12.1. The van der Waals surface area contributed by atoms with Crippen molar-refractivity contribution in [3.63, 3.8) is 0 Å². The van der Waals surface area contributed by atoms with Gasteiger partial charge in [0.05, 0.1) is 11.8 Å². The van der Waals surface area contributed by atoms with Crippen molar-refractivity contribution >= 4 is 11.8 Å². The van der Waals surface area contributed by atoms with Gasteiger partial charge < -0.3 is 10.6 Å². The SMILES string of the molecule is CCCNC(=O)C1CC1C(=O)NCc1ccccc1C. The van der Waals surface area contributed by atoms with Crippen molar-refractivity contribution in [3.8, 4) is 0 Å². The maximum atomic E-state index is 12.0. The summed E-state index contributed by atoms with van der Waals surface area (Å²) in [6, 6.07) is 7.98. The second-order valence-corrected chi connectivity index (χ2v) is 5.38. The molecule has 2 N–H and O–H groups in total. The third kappa shape index (κ3) is 3.59. The average molecular weight is 274 g/mol. The second kappa shape index (κ2) is 6.55. The smallest absolute Gasteiger partial charge is 0.224 e. The Balaban J connectivity index is 1.77. The fourth-order valence-corrected chi connectivity index (χ4v) is 2.28. The summed E-state index contributed by atoms with van der Waals surface area (Å²) in [5.74, 6) is -0.262. The molecule has 4 heteroatoms. The summed E-state index contributed by atoms with van der Waals surface area (Å²) in [5.41, 5.74) is 2.29. The number of carbonyl (C=O) groups is 2. The Bertz CT molecular complexity index is 499. The zero-order chi connectivity index (χ0) is 14.5. The van der Waals surface area contributed by atoms with Gasteiger partial charge in [0.2, 0.25) is 11.8 Å². The first-order valence-corrected chi connectivity index (χ1v) is 7.23. The normalized spacial score (nSPS) is 20.3. The maximum absolute atomic E-state index is 12.0. The topological polar surface area (TPSA) is 58.2 Å². The van der Waals surface area contributed by atoms with E-state index in [1.807, 2.05) is 38.1 Å². The summed E-state index contributed by atoms with van der Waals surface area (Å²) in [6.07, 6.45) is 1.59. The lowest BCUT2D eigenvalue weighted by Gasteiger charge is -2.08. The fourth-order valence-electron chi connectivity index (χ4n) is 2.28. The standard InChI is InChI=1S/C16H22N2O2/c1-3-8-17-15(19)13-9-14(13)16(20)18-10-12-7-5-4-6-11(12)2/h4-7,13-14H,3,8-10H2,1-2H3,(H,17,19)(H,18,20). The van der Waals surface area contributed by atoms with Gasteiger partial charge in [-0.3, -0.25) is 9.59 Å². The van der Waals surface area contributed by atoms with Crippen LogP contribution in [0.25, 0.3) is 0 Å². The molecule has 4 nitrogen and oxygen atoms in total. The van der Waals surface area contributed by atoms with Crippen molar-refractivity contribution in [1.29, 1.82) is 0 Å². The van der Waals surface area contributed by atoms with E-state index >= 15 is 0 Å². The van der Waals surface area contributed by atoms with E-state index in [2.05, 4.69) is 10.6 Å². The van der Waals surface area contributed by atoms with Crippen LogP contribution < -0.4 is 10.6 Å². The number of nitrogens with one attached hydrogen (secondary N) is 2. The van der Waals surface area contributed by atoms with E-state index in [-0.39, 0.29) is 23.7 Å². The number of rotatable bonds is 6. The molecule has 1 aliphatic rings. The van der Waals surface area contributed by atoms with Gasteiger partial charge in [0.15, 0.2) is 0 Å². The van der Waals surface area contributed by atoms with E-state index in [0.717, 1.165) is 12.0 Å². The van der Waals surface area contributed by atoms with Crippen LogP contribution in [0.1, 0.15) is 30.9 Å². The van der Waals surface area contributed by atoms with Gasteiger partial charge in [-0.1, -0.05) is 31.2 Å². The lowest BCUT2D eigenvalue weighted by Crippen LogP contribution is -2.30. The molecule has 2 atom stereocenters. The van der Waals surface area contributed by atoms with Gasteiger partial charge in [-0.2, -0.15) is 0 Å². The average Bonchev–Trinajstić information content (AvgIpc) is 3.24. The number of carbonyl (C=O) groups excluding carboxylic acids is 2. The number of hydrogen-bond acceptors (Lipinski definition) is 2. The third-order valence-corrected chi connectivity index (χ3v) is 3.73. The van der Waals surface area contributed by atoms with Crippen LogP contribution in [0.3, 0.4) is 0 Å². The van der Waals surface area contributed by atoms with Gasteiger partial charge in [-0.05, 0) is 30.9 Å². The van der Waals surface area contributed by atoms with E-state index in [0.29, 0.717) is 19.5 Å². The van der Waals surface area contributed by atoms with Crippen molar-refractivity contribution in [2.24, 2.45) is 11.8 Å². The molecule has 2 unspecified atom stereocenters. The van der Waals surface area contributed by atoms with Crippen LogP contribution in [0.4, 0.5) is 0 Å². The fraction of sp³-hybridized carbons (Fsp3) is 0.500. The minimum atomic E-state index is -0.143. The van der Waals surface area contributed by atoms with Crippen LogP contribution in [-0.4, -0.2) is 18.4 Å². The first-order valence-electron chi connectivity index (χ1n) is 7.23. The molecule has 0 saturated heterocycles. The molecule has 1 aromatic rings. The van der Waals surface area contributed by atoms with Gasteiger partial charge in [0.1, 0.15) is 0 Å². The van der Waals surface area contributed by atoms with Crippen molar-refractivity contribution in [3.05, 3.63) is 35.4 Å². The van der Waals surface area contributed by atoms with Gasteiger partial charge in [-0.25, -0.2) is 0 Å². The molecule has 20 heavy (non-hydrogen) atoms. The molecule has 1 aromatic carbocycles. The van der Waals surface area contributed by atoms with Crippen LogP contribution in [0.5, 0.6) is 0 Å². The summed E-state index contributed by atoms with van der Waals surface area (Å²) < 4.78 is 0. The minimum absolute atomic E-state index is 0.00935. The lowest BCUT2D eigenvalue weighted by molar-refractivity contribution is -0.127. The van der Waals surface area contributed by atoms with Gasteiger partial charge in [0.25, 0.3) is 0 Å². The van der Waals surface area contributed by atoms with E-state index in [1.165, 1.54) is 5.56 Å². The lowest BCUT2D eigenvalue weighted by atomic mass is 10.1. The Morgan fingerprint density at radius 1 is 1.15 bits per heavy atom. The molecular formula is C16H22N2O2. The highest BCUT2D eigenvalue weighted by molar-refractivity contribution is 5.92. The van der Waals surface area contributed by atoms with Gasteiger partial charge >= 0.3 is 0 Å². The minimum Gasteiger partial charge on any atom is -0.356 e. The van der Waals surface area contributed by atoms with E-state index < -0.39 is 0 Å². The molecule has 0 heterocycles. The number of aryl methyl sites for hydroxylation is 1. The Kier molecular flexibility index (Phi) is 4.77. The van der Waals surface area contributed by atoms with Crippen LogP contribution >= 0.6 is 0 Å². The van der Waals surface area contributed by atoms with Crippen molar-refractivity contribution in [2.75, 3.05) is 6.54 Å². The van der Waals surface area contributed by atoms with E-state index in [1.54, 1.807) is 0 Å². The maximum Gasteiger partial charge on any atom is 0.224 e. The number of hydrogen-bond donors (Lipinski definition) is 2. The first-order chi connectivity index (χ1) is 9.63. The second-order valence-electron chi connectivity index (χ2n) is 5.38. The van der Waals surface area contributed by atoms with Crippen molar-refractivity contribution < 1.29 is 9.59 Å². The molecule has 0 aromatic heterocycles. The summed E-state index contributed by atoms with van der Waals surface area (Å²) >= 11 is 0. The van der Waals surface area contributed by atoms with Crippen LogP contribution in [0.2, 0.25) is 0 Å². The Morgan fingerprint density at radius 3 is 2.45 bits per heavy atom. The number of amides is 2. The van der Waals surface area contributed by atoms with Crippen molar-refractivity contribution in [1.82, 2.24) is 10.6 Å². The predicted octanol–water partition coefficient (Wildman–Crippen LogP) is 1.77. The first kappa shape index (κ1) is 14.6. The summed E-state index contributed by atoms with van der Waals surface area (Å²) in [6.45, 7) is 5.26. The highest BCUT2D eigenvalue weighted by Crippen LogP contribution is 2.38. The van der Waals surface area contributed by atoms with Crippen molar-refractivity contribution in [2.45, 2.75) is 33.2 Å². The third-order valence-electron chi connectivity index (χ3n) is 3.73. The Morgan fingerprint density at radius 2 is 1.80 bits per heavy atom. The molecule has 0 radical (unpaired) electrons. The van der Waals surface area contributed by atoms with Gasteiger partial charge in [0, 0.05) is 13.1 Å². The number of benzene rings is 1. The molecule has 0 bridgehead atoms. The largest absolute Gasteiger partial charge is 0.356 e. The van der Waals surface area contributed by atoms with E-state index in [9.17, 15) is 9.59 Å². The summed E-state index contributed by atoms with van der Waals surface area (Å²) in [7, 11) is 0. The molecular weight excluding hydrogens is 252 g/mol. The molecule has 1 fully saturated rings. The quantitative estimate of drug-likeness (QED) is 0.830. The Hall–Kier alpha value is -1.84. The highest BCUT2D eigenvalue weighted by Gasteiger charge is 2.47. The Labute approximate surface area is 119 Å². The molecule has 0 aliphatic heterocycles.